The van der Waals surface area contributed by atoms with Crippen molar-refractivity contribution in [3.63, 3.8) is 0 Å². The molecule has 4 atom stereocenters. The van der Waals surface area contributed by atoms with Crippen molar-refractivity contribution in [2.24, 2.45) is 11.0 Å². The molecule has 6 rings (SSSR count). The van der Waals surface area contributed by atoms with Gasteiger partial charge < -0.3 is 19.2 Å². The minimum Gasteiger partial charge on any atom is -0.457 e. The number of ether oxygens (including phenoxy) is 2. The van der Waals surface area contributed by atoms with Crippen molar-refractivity contribution in [3.8, 4) is 0 Å². The monoisotopic (exact) mass is 704 g/mol. The zero-order chi connectivity index (χ0) is 36.0. The number of hydrogen-bond donors (Lipinski definition) is 1. The molecular weight excluding hydrogens is 665 g/mol. The van der Waals surface area contributed by atoms with Crippen molar-refractivity contribution in [2.75, 3.05) is 18.5 Å². The molecular formula is C37H40N8O5Si. The van der Waals surface area contributed by atoms with E-state index >= 15 is 0 Å². The number of aromatic nitrogens is 4. The second kappa shape index (κ2) is 15.2. The minimum atomic E-state index is -2.87. The van der Waals surface area contributed by atoms with E-state index in [0.717, 1.165) is 10.4 Å². The number of carbonyl (C=O) groups is 2. The van der Waals surface area contributed by atoms with E-state index in [0.29, 0.717) is 29.8 Å². The van der Waals surface area contributed by atoms with E-state index in [1.807, 2.05) is 42.5 Å². The predicted molar refractivity (Wildman–Crippen MR) is 195 cm³/mol. The van der Waals surface area contributed by atoms with Crippen LogP contribution >= 0.6 is 0 Å². The first-order chi connectivity index (χ1) is 24.6. The van der Waals surface area contributed by atoms with Crippen LogP contribution in [0.5, 0.6) is 0 Å². The summed E-state index contributed by atoms with van der Waals surface area (Å²) in [6.07, 6.45) is 0.982. The molecule has 2 aromatic heterocycles. The minimum absolute atomic E-state index is 0.00857. The van der Waals surface area contributed by atoms with Crippen molar-refractivity contribution in [2.45, 2.75) is 57.6 Å². The fourth-order valence-corrected chi connectivity index (χ4v) is 11.6. The van der Waals surface area contributed by atoms with Gasteiger partial charge in [-0.15, -0.1) is 0 Å². The smallest absolute Gasteiger partial charge is 0.303 e. The molecule has 0 aliphatic carbocycles. The number of nitrogens with one attached hydrogen (secondary N) is 1. The quantitative estimate of drug-likeness (QED) is 0.0559. The zero-order valence-corrected chi connectivity index (χ0v) is 29.9. The number of imidazole rings is 1. The number of azide groups is 1. The first kappa shape index (κ1) is 35.4. The Bertz CT molecular complexity index is 1980. The number of fused-ring (bicyclic) bond motifs is 1. The van der Waals surface area contributed by atoms with Gasteiger partial charge in [0.05, 0.1) is 19.0 Å². The highest BCUT2D eigenvalue weighted by Crippen LogP contribution is 2.41. The number of nitrogens with zero attached hydrogens (tertiary/aromatic N) is 7. The van der Waals surface area contributed by atoms with Gasteiger partial charge in [-0.25, -0.2) is 15.0 Å². The van der Waals surface area contributed by atoms with Crippen LogP contribution in [-0.2, 0) is 18.7 Å². The van der Waals surface area contributed by atoms with Crippen molar-refractivity contribution in [1.82, 2.24) is 19.5 Å². The van der Waals surface area contributed by atoms with Gasteiger partial charge in [0, 0.05) is 29.9 Å². The fourth-order valence-electron chi connectivity index (χ4n) is 7.00. The summed E-state index contributed by atoms with van der Waals surface area (Å²) < 4.78 is 21.4. The number of rotatable bonds is 12. The molecule has 51 heavy (non-hydrogen) atoms. The Balaban J connectivity index is 1.33. The van der Waals surface area contributed by atoms with E-state index in [-0.39, 0.29) is 23.3 Å². The number of benzene rings is 3. The molecule has 262 valence electrons. The Morgan fingerprint density at radius 1 is 0.961 bits per heavy atom. The molecule has 0 spiro atoms. The molecule has 0 bridgehead atoms. The Morgan fingerprint density at radius 2 is 1.59 bits per heavy atom. The molecule has 13 nitrogen and oxygen atoms in total. The van der Waals surface area contributed by atoms with Gasteiger partial charge in [0.1, 0.15) is 6.33 Å². The fraction of sp³-hybridized carbons (Fsp3) is 0.324. The maximum Gasteiger partial charge on any atom is 0.303 e. The normalized spacial score (nSPS) is 19.0. The third kappa shape index (κ3) is 7.26. The lowest BCUT2D eigenvalue weighted by atomic mass is 9.94. The van der Waals surface area contributed by atoms with Crippen molar-refractivity contribution >= 4 is 47.5 Å². The van der Waals surface area contributed by atoms with E-state index in [4.69, 9.17) is 13.9 Å². The molecule has 0 unspecified atom stereocenters. The Morgan fingerprint density at radius 3 is 2.18 bits per heavy atom. The van der Waals surface area contributed by atoms with Gasteiger partial charge in [-0.05, 0) is 39.5 Å². The average molecular weight is 705 g/mol. The summed E-state index contributed by atoms with van der Waals surface area (Å²) in [5.41, 5.74) is 10.4. The predicted octanol–water partition coefficient (Wildman–Crippen LogP) is 5.80. The number of amides is 1. The molecule has 1 fully saturated rings. The summed E-state index contributed by atoms with van der Waals surface area (Å²) in [6, 6.07) is 29.4. The lowest BCUT2D eigenvalue weighted by Gasteiger charge is -2.43. The third-order valence-electron chi connectivity index (χ3n) is 9.21. The first-order valence-electron chi connectivity index (χ1n) is 16.8. The summed E-state index contributed by atoms with van der Waals surface area (Å²) in [6.45, 7) is 8.31. The largest absolute Gasteiger partial charge is 0.457 e. The molecule has 1 saturated heterocycles. The number of anilines is 1. The lowest BCUT2D eigenvalue weighted by Crippen LogP contribution is -2.66. The van der Waals surface area contributed by atoms with Gasteiger partial charge in [-0.2, -0.15) is 0 Å². The van der Waals surface area contributed by atoms with E-state index in [1.54, 1.807) is 28.8 Å². The van der Waals surface area contributed by atoms with Crippen LogP contribution in [0.1, 0.15) is 50.7 Å². The third-order valence-corrected chi connectivity index (χ3v) is 14.3. The van der Waals surface area contributed by atoms with Crippen LogP contribution in [0, 0.1) is 5.92 Å². The van der Waals surface area contributed by atoms with E-state index in [9.17, 15) is 15.1 Å². The number of esters is 1. The Labute approximate surface area is 296 Å². The summed E-state index contributed by atoms with van der Waals surface area (Å²) in [5.74, 6) is -1.05. The van der Waals surface area contributed by atoms with Gasteiger partial charge in [0.15, 0.2) is 29.3 Å². The van der Waals surface area contributed by atoms with Gasteiger partial charge in [0.2, 0.25) is 0 Å². The number of carbonyl (C=O) groups excluding carboxylic acids is 2. The maximum atomic E-state index is 13.0. The SMILES string of the molecule is CC(=O)O[C@@H]1[C@H](CCO[Si](c2ccccc2)(c2ccccc2)C(C)(C)C)[C@@H](CN=[N+]=[N-])O[C@H]1n1cnc2c(NC(=O)c3ccccc3)ncnc21. The molecule has 1 N–H and O–H groups in total. The summed E-state index contributed by atoms with van der Waals surface area (Å²) in [4.78, 5) is 41.8. The molecule has 5 aromatic rings. The average Bonchev–Trinajstić information content (AvgIpc) is 3.71. The van der Waals surface area contributed by atoms with E-state index in [1.165, 1.54) is 19.6 Å². The molecule has 3 aromatic carbocycles. The maximum absolute atomic E-state index is 13.0. The van der Waals surface area contributed by atoms with Crippen LogP contribution in [0.3, 0.4) is 0 Å². The van der Waals surface area contributed by atoms with Crippen LogP contribution < -0.4 is 15.7 Å². The van der Waals surface area contributed by atoms with Gasteiger partial charge in [-0.1, -0.05) is 105 Å². The van der Waals surface area contributed by atoms with E-state index < -0.39 is 38.6 Å². The number of hydrogen-bond acceptors (Lipinski definition) is 9. The Hall–Kier alpha value is -5.40. The zero-order valence-electron chi connectivity index (χ0n) is 28.9. The van der Waals surface area contributed by atoms with E-state index in [2.05, 4.69) is 75.3 Å². The Kier molecular flexibility index (Phi) is 10.6. The second-order valence-corrected chi connectivity index (χ2v) is 17.7. The van der Waals surface area contributed by atoms with Crippen LogP contribution in [0.4, 0.5) is 5.82 Å². The first-order valence-corrected chi connectivity index (χ1v) is 18.7. The molecule has 0 radical (unpaired) electrons. The molecule has 3 heterocycles. The highest BCUT2D eigenvalue weighted by Gasteiger charge is 2.52. The molecule has 1 aliphatic rings. The topological polar surface area (TPSA) is 166 Å². The summed E-state index contributed by atoms with van der Waals surface area (Å²) in [7, 11) is -2.87. The standard InChI is InChI=1S/C37H40N8O5Si/c1-25(46)49-32-29(20-21-48-51(37(2,3)4,27-16-10-6-11-17-27)28-18-12-7-13-19-28)30(22-42-44-38)50-36(32)45-24-41-31-33(39-23-40-34(31)45)43-35(47)26-14-8-5-9-15-26/h5-19,23-24,29-30,32,36H,20-22H2,1-4H3,(H,39,40,43,47)/t29-,30-,32-,36-/m1/s1. The highest BCUT2D eigenvalue weighted by molar-refractivity contribution is 6.99. The lowest BCUT2D eigenvalue weighted by molar-refractivity contribution is -0.153. The van der Waals surface area contributed by atoms with Crippen LogP contribution in [0.2, 0.25) is 5.04 Å². The molecule has 1 amide bonds. The van der Waals surface area contributed by atoms with Crippen LogP contribution in [-0.4, -0.2) is 65.1 Å². The molecule has 14 heteroatoms. The van der Waals surface area contributed by atoms with Crippen LogP contribution in [0.15, 0.2) is 109 Å². The van der Waals surface area contributed by atoms with Gasteiger partial charge in [-0.3, -0.25) is 14.2 Å². The van der Waals surface area contributed by atoms with Crippen molar-refractivity contribution in [3.05, 3.63) is 120 Å². The second-order valence-electron chi connectivity index (χ2n) is 13.4. The molecule has 1 aliphatic heterocycles. The highest BCUT2D eigenvalue weighted by atomic mass is 28.4. The van der Waals surface area contributed by atoms with Crippen molar-refractivity contribution < 1.29 is 23.5 Å². The molecule has 0 saturated carbocycles. The van der Waals surface area contributed by atoms with Crippen molar-refractivity contribution in [1.29, 1.82) is 0 Å². The van der Waals surface area contributed by atoms with Gasteiger partial charge >= 0.3 is 5.97 Å². The summed E-state index contributed by atoms with van der Waals surface area (Å²) >= 11 is 0. The summed E-state index contributed by atoms with van der Waals surface area (Å²) in [5, 5.41) is 8.71. The van der Waals surface area contributed by atoms with Gasteiger partial charge in [0.25, 0.3) is 14.2 Å². The van der Waals surface area contributed by atoms with Crippen LogP contribution in [0.25, 0.3) is 21.6 Å².